The standard InChI is InChI=1S/C10H12N2O3/c1-7(13)12-11-6-8-3-4-9(14)10(5-8)15-2/h3-6,14H,1-2H3,(H,12,13). The number of aromatic hydroxyl groups is 1. The third-order valence-corrected chi connectivity index (χ3v) is 1.64. The minimum absolute atomic E-state index is 0.0641. The Balaban J connectivity index is 2.78. The van der Waals surface area contributed by atoms with Crippen LogP contribution in [0.4, 0.5) is 0 Å². The Morgan fingerprint density at radius 2 is 2.33 bits per heavy atom. The smallest absolute Gasteiger partial charge is 0.236 e. The second-order valence-electron chi connectivity index (χ2n) is 2.86. The summed E-state index contributed by atoms with van der Waals surface area (Å²) in [4.78, 5) is 10.5. The maximum absolute atomic E-state index is 10.5. The first-order valence-corrected chi connectivity index (χ1v) is 4.30. The van der Waals surface area contributed by atoms with Crippen molar-refractivity contribution in [1.82, 2.24) is 5.43 Å². The zero-order chi connectivity index (χ0) is 11.3. The molecule has 0 heterocycles. The quantitative estimate of drug-likeness (QED) is 0.572. The first-order chi connectivity index (χ1) is 7.13. The lowest BCUT2D eigenvalue weighted by molar-refractivity contribution is -0.118. The highest BCUT2D eigenvalue weighted by Gasteiger charge is 2.00. The number of carbonyl (C=O) groups excluding carboxylic acids is 1. The lowest BCUT2D eigenvalue weighted by atomic mass is 10.2. The molecule has 5 heteroatoms. The van der Waals surface area contributed by atoms with E-state index >= 15 is 0 Å². The molecule has 1 rings (SSSR count). The van der Waals surface area contributed by atoms with Crippen LogP contribution in [0, 0.1) is 0 Å². The fourth-order valence-corrected chi connectivity index (χ4v) is 0.972. The van der Waals surface area contributed by atoms with Crippen molar-refractivity contribution in [3.63, 3.8) is 0 Å². The highest BCUT2D eigenvalue weighted by Crippen LogP contribution is 2.25. The fraction of sp³-hybridized carbons (Fsp3) is 0.200. The summed E-state index contributed by atoms with van der Waals surface area (Å²) in [6, 6.07) is 4.76. The summed E-state index contributed by atoms with van der Waals surface area (Å²) in [5.74, 6) is 0.188. The molecule has 2 N–H and O–H groups in total. The molecule has 15 heavy (non-hydrogen) atoms. The number of ether oxygens (including phenoxy) is 1. The zero-order valence-electron chi connectivity index (χ0n) is 8.52. The molecule has 0 saturated carbocycles. The molecule has 80 valence electrons. The number of methoxy groups -OCH3 is 1. The van der Waals surface area contributed by atoms with E-state index in [0.29, 0.717) is 5.75 Å². The van der Waals surface area contributed by atoms with Gasteiger partial charge in [-0.1, -0.05) is 0 Å². The second-order valence-corrected chi connectivity index (χ2v) is 2.86. The van der Waals surface area contributed by atoms with Crippen molar-refractivity contribution in [2.24, 2.45) is 5.10 Å². The lowest BCUT2D eigenvalue weighted by Crippen LogP contribution is -2.12. The van der Waals surface area contributed by atoms with Crippen molar-refractivity contribution in [1.29, 1.82) is 0 Å². The topological polar surface area (TPSA) is 70.9 Å². The number of nitrogens with one attached hydrogen (secondary N) is 1. The van der Waals surface area contributed by atoms with E-state index in [-0.39, 0.29) is 11.7 Å². The van der Waals surface area contributed by atoms with Gasteiger partial charge in [-0.3, -0.25) is 4.79 Å². The van der Waals surface area contributed by atoms with E-state index < -0.39 is 0 Å². The van der Waals surface area contributed by atoms with Crippen molar-refractivity contribution in [3.8, 4) is 11.5 Å². The Labute approximate surface area is 87.4 Å². The van der Waals surface area contributed by atoms with Gasteiger partial charge in [-0.05, 0) is 23.8 Å². The molecule has 0 aliphatic carbocycles. The minimum atomic E-state index is -0.239. The summed E-state index contributed by atoms with van der Waals surface area (Å²) >= 11 is 0. The first kappa shape index (κ1) is 11.0. The van der Waals surface area contributed by atoms with Crippen LogP contribution in [0.25, 0.3) is 0 Å². The van der Waals surface area contributed by atoms with Gasteiger partial charge in [0.1, 0.15) is 0 Å². The average molecular weight is 208 g/mol. The van der Waals surface area contributed by atoms with E-state index in [2.05, 4.69) is 10.5 Å². The van der Waals surface area contributed by atoms with Gasteiger partial charge in [0.05, 0.1) is 13.3 Å². The third-order valence-electron chi connectivity index (χ3n) is 1.64. The van der Waals surface area contributed by atoms with Gasteiger partial charge >= 0.3 is 0 Å². The van der Waals surface area contributed by atoms with Gasteiger partial charge in [0.15, 0.2) is 11.5 Å². The molecule has 0 aliphatic heterocycles. The van der Waals surface area contributed by atoms with Crippen LogP contribution < -0.4 is 10.2 Å². The summed E-state index contributed by atoms with van der Waals surface area (Å²) in [6.45, 7) is 1.37. The van der Waals surface area contributed by atoms with E-state index in [1.807, 2.05) is 0 Å². The van der Waals surface area contributed by atoms with Gasteiger partial charge < -0.3 is 9.84 Å². The average Bonchev–Trinajstić information content (AvgIpc) is 2.20. The number of hydrazone groups is 1. The number of hydrogen-bond acceptors (Lipinski definition) is 4. The van der Waals surface area contributed by atoms with Gasteiger partial charge in [0, 0.05) is 6.92 Å². The molecule has 1 aromatic carbocycles. The molecule has 0 unspecified atom stereocenters. The fourth-order valence-electron chi connectivity index (χ4n) is 0.972. The molecule has 5 nitrogen and oxygen atoms in total. The monoisotopic (exact) mass is 208 g/mol. The Bertz CT molecular complexity index is 388. The summed E-state index contributed by atoms with van der Waals surface area (Å²) in [6.07, 6.45) is 1.46. The van der Waals surface area contributed by atoms with Crippen molar-refractivity contribution in [2.75, 3.05) is 7.11 Å². The molecule has 0 spiro atoms. The van der Waals surface area contributed by atoms with Crippen LogP contribution in [0.1, 0.15) is 12.5 Å². The zero-order valence-corrected chi connectivity index (χ0v) is 8.52. The molecule has 0 bridgehead atoms. The van der Waals surface area contributed by atoms with Crippen LogP contribution in [0.15, 0.2) is 23.3 Å². The molecular formula is C10H12N2O3. The number of nitrogens with zero attached hydrogens (tertiary/aromatic N) is 1. The molecule has 1 amide bonds. The highest BCUT2D eigenvalue weighted by molar-refractivity contribution is 5.82. The molecular weight excluding hydrogens is 196 g/mol. The predicted molar refractivity (Wildman–Crippen MR) is 56.1 cm³/mol. The van der Waals surface area contributed by atoms with Crippen LogP contribution >= 0.6 is 0 Å². The molecule has 1 aromatic rings. The van der Waals surface area contributed by atoms with E-state index in [0.717, 1.165) is 5.56 Å². The van der Waals surface area contributed by atoms with Gasteiger partial charge in [0.2, 0.25) is 5.91 Å². The SMILES string of the molecule is COc1cc(C=NNC(C)=O)ccc1O. The molecule has 0 radical (unpaired) electrons. The predicted octanol–water partition coefficient (Wildman–Crippen LogP) is 0.871. The number of phenolic OH excluding ortho intramolecular Hbond substituents is 1. The van der Waals surface area contributed by atoms with Crippen molar-refractivity contribution < 1.29 is 14.6 Å². The van der Waals surface area contributed by atoms with E-state index in [9.17, 15) is 9.90 Å². The van der Waals surface area contributed by atoms with E-state index in [1.54, 1.807) is 12.1 Å². The Morgan fingerprint density at radius 3 is 2.93 bits per heavy atom. The molecule has 0 atom stereocenters. The van der Waals surface area contributed by atoms with Gasteiger partial charge in [0.25, 0.3) is 0 Å². The van der Waals surface area contributed by atoms with Crippen molar-refractivity contribution in [3.05, 3.63) is 23.8 Å². The van der Waals surface area contributed by atoms with E-state index in [4.69, 9.17) is 4.74 Å². The Hall–Kier alpha value is -2.04. The maximum atomic E-state index is 10.5. The molecule has 0 aliphatic rings. The normalized spacial score (nSPS) is 10.3. The van der Waals surface area contributed by atoms with Crippen LogP contribution in [-0.2, 0) is 4.79 Å². The Kier molecular flexibility index (Phi) is 3.68. The van der Waals surface area contributed by atoms with Crippen molar-refractivity contribution in [2.45, 2.75) is 6.92 Å². The molecule has 0 fully saturated rings. The van der Waals surface area contributed by atoms with Crippen LogP contribution in [0.2, 0.25) is 0 Å². The summed E-state index contributed by atoms with van der Waals surface area (Å²) in [5.41, 5.74) is 2.99. The van der Waals surface area contributed by atoms with Gasteiger partial charge in [-0.25, -0.2) is 5.43 Å². The maximum Gasteiger partial charge on any atom is 0.236 e. The van der Waals surface area contributed by atoms with E-state index in [1.165, 1.54) is 26.3 Å². The van der Waals surface area contributed by atoms with Gasteiger partial charge in [-0.15, -0.1) is 0 Å². The van der Waals surface area contributed by atoms with Crippen LogP contribution in [0.5, 0.6) is 11.5 Å². The number of hydrogen-bond donors (Lipinski definition) is 2. The number of benzene rings is 1. The number of carbonyl (C=O) groups is 1. The summed E-state index contributed by atoms with van der Waals surface area (Å²) in [7, 11) is 1.46. The van der Waals surface area contributed by atoms with Gasteiger partial charge in [-0.2, -0.15) is 5.10 Å². The van der Waals surface area contributed by atoms with Crippen LogP contribution in [0.3, 0.4) is 0 Å². The summed E-state index contributed by atoms with van der Waals surface area (Å²) in [5, 5.41) is 13.0. The number of rotatable bonds is 3. The highest BCUT2D eigenvalue weighted by atomic mass is 16.5. The molecule has 0 saturated heterocycles. The second kappa shape index (κ2) is 4.99. The summed E-state index contributed by atoms with van der Waals surface area (Å²) < 4.78 is 4.91. The lowest BCUT2D eigenvalue weighted by Gasteiger charge is -2.03. The largest absolute Gasteiger partial charge is 0.504 e. The van der Waals surface area contributed by atoms with Crippen LogP contribution in [-0.4, -0.2) is 24.3 Å². The molecule has 0 aromatic heterocycles. The number of phenols is 1. The Morgan fingerprint density at radius 1 is 1.60 bits per heavy atom. The minimum Gasteiger partial charge on any atom is -0.504 e. The van der Waals surface area contributed by atoms with Crippen molar-refractivity contribution >= 4 is 12.1 Å². The first-order valence-electron chi connectivity index (χ1n) is 4.30. The number of amides is 1. The third kappa shape index (κ3) is 3.30.